The maximum atomic E-state index is 12.9. The van der Waals surface area contributed by atoms with Gasteiger partial charge in [0.25, 0.3) is 0 Å². The van der Waals surface area contributed by atoms with Crippen molar-refractivity contribution in [2.45, 2.75) is 30.9 Å². The summed E-state index contributed by atoms with van der Waals surface area (Å²) >= 11 is 0. The Bertz CT molecular complexity index is 1070. The summed E-state index contributed by atoms with van der Waals surface area (Å²) in [5.41, 5.74) is 3.16. The van der Waals surface area contributed by atoms with Gasteiger partial charge in [0.2, 0.25) is 5.91 Å². The lowest BCUT2D eigenvalue weighted by Crippen LogP contribution is -2.49. The molecule has 0 aromatic heterocycles. The normalized spacial score (nSPS) is 24.0. The zero-order valence-electron chi connectivity index (χ0n) is 18.3. The third-order valence-corrected chi connectivity index (χ3v) is 7.07. The fraction of sp³-hybridized carbons (Fsp3) is 0.400. The lowest BCUT2D eigenvalue weighted by Gasteiger charge is -2.25. The minimum absolute atomic E-state index is 0.0114. The smallest absolute Gasteiger partial charge is 0.407 e. The van der Waals surface area contributed by atoms with Crippen LogP contribution in [0.2, 0.25) is 0 Å². The van der Waals surface area contributed by atoms with Gasteiger partial charge < -0.3 is 24.8 Å². The van der Waals surface area contributed by atoms with Crippen molar-refractivity contribution in [1.29, 1.82) is 0 Å². The zero-order valence-corrected chi connectivity index (χ0v) is 18.3. The number of carbonyl (C=O) groups excluding carboxylic acids is 2. The van der Waals surface area contributed by atoms with Gasteiger partial charge in [0, 0.05) is 25.0 Å². The van der Waals surface area contributed by atoms with Crippen LogP contribution < -0.4 is 5.32 Å². The average molecular weight is 450 g/mol. The van der Waals surface area contributed by atoms with Gasteiger partial charge in [-0.05, 0) is 35.6 Å². The Morgan fingerprint density at radius 2 is 1.79 bits per heavy atom. The summed E-state index contributed by atoms with van der Waals surface area (Å²) in [6, 6.07) is 15.3. The van der Waals surface area contributed by atoms with E-state index in [1.165, 1.54) is 4.90 Å². The predicted octanol–water partition coefficient (Wildman–Crippen LogP) is 2.62. The molecular formula is C25H26N2O6. The van der Waals surface area contributed by atoms with Crippen LogP contribution in [0, 0.1) is 5.92 Å². The molecule has 3 atom stereocenters. The van der Waals surface area contributed by atoms with Crippen molar-refractivity contribution in [2.24, 2.45) is 5.92 Å². The molecule has 2 fully saturated rings. The highest BCUT2D eigenvalue weighted by Crippen LogP contribution is 2.44. The number of likely N-dealkylation sites (tertiary alicyclic amines) is 1. The molecule has 172 valence electrons. The van der Waals surface area contributed by atoms with Crippen molar-refractivity contribution in [3.05, 3.63) is 59.7 Å². The van der Waals surface area contributed by atoms with Crippen LogP contribution in [0.4, 0.5) is 4.79 Å². The van der Waals surface area contributed by atoms with Gasteiger partial charge in [-0.1, -0.05) is 48.5 Å². The van der Waals surface area contributed by atoms with E-state index in [4.69, 9.17) is 9.47 Å². The molecule has 0 bridgehead atoms. The average Bonchev–Trinajstić information content (AvgIpc) is 3.47. The van der Waals surface area contributed by atoms with Crippen molar-refractivity contribution >= 4 is 18.0 Å². The molecule has 2 aromatic carbocycles. The summed E-state index contributed by atoms with van der Waals surface area (Å²) < 4.78 is 11.0. The van der Waals surface area contributed by atoms with E-state index in [1.54, 1.807) is 6.92 Å². The van der Waals surface area contributed by atoms with E-state index < -0.39 is 23.7 Å². The van der Waals surface area contributed by atoms with Gasteiger partial charge in [0.05, 0.1) is 6.54 Å². The standard InChI is InChI=1S/C25H26N2O6/c1-15(22(28)27-12-16-10-11-33-25(16,14-27)23(29)30)26-24(31)32-13-21-19-8-4-2-6-17(19)18-7-3-5-9-20(18)21/h2-9,15-16,21H,10-14H2,1H3,(H,26,31)(H,29,30)/t15-,16?,25?/m1/s1. The highest BCUT2D eigenvalue weighted by atomic mass is 16.5. The molecule has 5 rings (SSSR count). The predicted molar refractivity (Wildman–Crippen MR) is 119 cm³/mol. The second-order valence-electron chi connectivity index (χ2n) is 8.94. The van der Waals surface area contributed by atoms with E-state index in [-0.39, 0.29) is 30.9 Å². The highest BCUT2D eigenvalue weighted by Gasteiger charge is 2.58. The quantitative estimate of drug-likeness (QED) is 0.726. The maximum absolute atomic E-state index is 12.9. The fourth-order valence-electron chi connectivity index (χ4n) is 5.39. The molecule has 0 radical (unpaired) electrons. The molecule has 1 aliphatic carbocycles. The SMILES string of the molecule is C[C@@H](NC(=O)OCC1c2ccccc2-c2ccccc21)C(=O)N1CC2CCOC2(C(=O)O)C1. The minimum Gasteiger partial charge on any atom is -0.479 e. The number of carboxylic acid groups (broad SMARTS) is 1. The van der Waals surface area contributed by atoms with Crippen molar-refractivity contribution in [2.75, 3.05) is 26.3 Å². The Balaban J connectivity index is 1.20. The number of alkyl carbamates (subject to hydrolysis) is 1. The molecule has 2 aromatic rings. The summed E-state index contributed by atoms with van der Waals surface area (Å²) in [7, 11) is 0. The van der Waals surface area contributed by atoms with Gasteiger partial charge in [-0.25, -0.2) is 9.59 Å². The van der Waals surface area contributed by atoms with Crippen LogP contribution >= 0.6 is 0 Å². The van der Waals surface area contributed by atoms with Gasteiger partial charge in [0.1, 0.15) is 12.6 Å². The first-order valence-corrected chi connectivity index (χ1v) is 11.2. The minimum atomic E-state index is -1.33. The lowest BCUT2D eigenvalue weighted by molar-refractivity contribution is -0.161. The Hall–Kier alpha value is -3.39. The molecule has 8 heteroatoms. The number of carboxylic acids is 1. The first-order valence-electron chi connectivity index (χ1n) is 11.2. The first-order chi connectivity index (χ1) is 15.9. The molecule has 2 amide bonds. The van der Waals surface area contributed by atoms with E-state index in [2.05, 4.69) is 17.4 Å². The summed E-state index contributed by atoms with van der Waals surface area (Å²) in [6.45, 7) is 2.41. The van der Waals surface area contributed by atoms with Crippen molar-refractivity contribution < 1.29 is 29.0 Å². The molecule has 0 spiro atoms. The van der Waals surface area contributed by atoms with Crippen LogP contribution in [0.15, 0.2) is 48.5 Å². The van der Waals surface area contributed by atoms with Gasteiger partial charge in [0.15, 0.2) is 5.60 Å². The van der Waals surface area contributed by atoms with E-state index in [9.17, 15) is 19.5 Å². The highest BCUT2D eigenvalue weighted by molar-refractivity contribution is 5.88. The van der Waals surface area contributed by atoms with Crippen LogP contribution in [0.3, 0.4) is 0 Å². The van der Waals surface area contributed by atoms with Crippen LogP contribution in [-0.4, -0.2) is 65.9 Å². The number of carbonyl (C=O) groups is 3. The zero-order chi connectivity index (χ0) is 23.2. The fourth-order valence-corrected chi connectivity index (χ4v) is 5.39. The van der Waals surface area contributed by atoms with E-state index in [0.717, 1.165) is 22.3 Å². The number of hydrogen-bond donors (Lipinski definition) is 2. The van der Waals surface area contributed by atoms with Crippen LogP contribution in [0.25, 0.3) is 11.1 Å². The number of nitrogens with one attached hydrogen (secondary N) is 1. The number of amides is 2. The van der Waals surface area contributed by atoms with Gasteiger partial charge in [-0.3, -0.25) is 4.79 Å². The molecule has 0 saturated carbocycles. The van der Waals surface area contributed by atoms with Crippen molar-refractivity contribution in [1.82, 2.24) is 10.2 Å². The Morgan fingerprint density at radius 1 is 1.15 bits per heavy atom. The van der Waals surface area contributed by atoms with Crippen LogP contribution in [0.5, 0.6) is 0 Å². The first kappa shape index (κ1) is 21.5. The summed E-state index contributed by atoms with van der Waals surface area (Å²) in [5, 5.41) is 12.2. The second kappa shape index (κ2) is 8.19. The molecular weight excluding hydrogens is 424 g/mol. The third kappa shape index (κ3) is 3.54. The Kier molecular flexibility index (Phi) is 5.32. The topological polar surface area (TPSA) is 105 Å². The van der Waals surface area contributed by atoms with Crippen LogP contribution in [-0.2, 0) is 19.1 Å². The van der Waals surface area contributed by atoms with Gasteiger partial charge in [-0.15, -0.1) is 0 Å². The summed E-state index contributed by atoms with van der Waals surface area (Å²) in [6.07, 6.45) is -0.0779. The number of fused-ring (bicyclic) bond motifs is 4. The number of aliphatic carboxylic acids is 1. The van der Waals surface area contributed by atoms with E-state index in [0.29, 0.717) is 19.6 Å². The van der Waals surface area contributed by atoms with E-state index in [1.807, 2.05) is 36.4 Å². The molecule has 2 saturated heterocycles. The Labute approximate surface area is 191 Å². The van der Waals surface area contributed by atoms with Crippen molar-refractivity contribution in [3.63, 3.8) is 0 Å². The number of benzene rings is 2. The van der Waals surface area contributed by atoms with Crippen molar-refractivity contribution in [3.8, 4) is 11.1 Å². The molecule has 33 heavy (non-hydrogen) atoms. The monoisotopic (exact) mass is 450 g/mol. The number of ether oxygens (including phenoxy) is 2. The molecule has 8 nitrogen and oxygen atoms in total. The molecule has 3 aliphatic rings. The summed E-state index contributed by atoms with van der Waals surface area (Å²) in [5.74, 6) is -1.69. The maximum Gasteiger partial charge on any atom is 0.407 e. The largest absolute Gasteiger partial charge is 0.479 e. The number of nitrogens with zero attached hydrogens (tertiary/aromatic N) is 1. The van der Waals surface area contributed by atoms with Gasteiger partial charge >= 0.3 is 12.1 Å². The van der Waals surface area contributed by atoms with Crippen LogP contribution in [0.1, 0.15) is 30.4 Å². The summed E-state index contributed by atoms with van der Waals surface area (Å²) in [4.78, 5) is 38.6. The Morgan fingerprint density at radius 3 is 2.39 bits per heavy atom. The lowest BCUT2D eigenvalue weighted by atomic mass is 9.91. The molecule has 2 aliphatic heterocycles. The van der Waals surface area contributed by atoms with Gasteiger partial charge in [-0.2, -0.15) is 0 Å². The van der Waals surface area contributed by atoms with E-state index >= 15 is 0 Å². The number of rotatable bonds is 5. The second-order valence-corrected chi connectivity index (χ2v) is 8.94. The third-order valence-electron chi connectivity index (χ3n) is 7.07. The molecule has 2 N–H and O–H groups in total. The number of hydrogen-bond acceptors (Lipinski definition) is 5. The molecule has 2 heterocycles. The molecule has 2 unspecified atom stereocenters.